The predicted octanol–water partition coefficient (Wildman–Crippen LogP) is 4.68. The van der Waals surface area contributed by atoms with Crippen molar-refractivity contribution in [1.82, 2.24) is 9.55 Å². The summed E-state index contributed by atoms with van der Waals surface area (Å²) >= 11 is 7.66. The Kier molecular flexibility index (Phi) is 4.80. The van der Waals surface area contributed by atoms with Crippen LogP contribution in [0.5, 0.6) is 0 Å². The SMILES string of the molecule is CC(=O)CCn1c(C)nc2sc(C)c(-c3ccc(Cl)c(C)c3)c2c1=O. The lowest BCUT2D eigenvalue weighted by Crippen LogP contribution is -2.24. The van der Waals surface area contributed by atoms with Gasteiger partial charge in [-0.15, -0.1) is 11.3 Å². The van der Waals surface area contributed by atoms with E-state index in [9.17, 15) is 9.59 Å². The second-order valence-corrected chi connectivity index (χ2v) is 7.86. The fourth-order valence-electron chi connectivity index (χ4n) is 2.98. The Balaban J connectivity index is 2.27. The molecule has 25 heavy (non-hydrogen) atoms. The number of aromatic nitrogens is 2. The maximum atomic E-state index is 13.1. The molecule has 3 aromatic rings. The number of nitrogens with zero attached hydrogens (tertiary/aromatic N) is 2. The van der Waals surface area contributed by atoms with Gasteiger partial charge in [0.15, 0.2) is 0 Å². The van der Waals surface area contributed by atoms with Crippen LogP contribution in [0, 0.1) is 20.8 Å². The molecule has 0 saturated heterocycles. The minimum Gasteiger partial charge on any atom is -0.300 e. The van der Waals surface area contributed by atoms with Crippen LogP contribution in [0.4, 0.5) is 0 Å². The van der Waals surface area contributed by atoms with Gasteiger partial charge in [-0.1, -0.05) is 17.7 Å². The fraction of sp³-hybridized carbons (Fsp3) is 0.316. The second-order valence-electron chi connectivity index (χ2n) is 6.25. The van der Waals surface area contributed by atoms with E-state index in [-0.39, 0.29) is 11.3 Å². The fourth-order valence-corrected chi connectivity index (χ4v) is 4.18. The zero-order chi connectivity index (χ0) is 18.3. The molecule has 0 atom stereocenters. The first-order valence-corrected chi connectivity index (χ1v) is 9.25. The molecule has 2 heterocycles. The van der Waals surface area contributed by atoms with Crippen molar-refractivity contribution < 1.29 is 4.79 Å². The largest absolute Gasteiger partial charge is 0.300 e. The van der Waals surface area contributed by atoms with Crippen LogP contribution in [0.1, 0.15) is 29.6 Å². The van der Waals surface area contributed by atoms with Gasteiger partial charge in [0.2, 0.25) is 0 Å². The highest BCUT2D eigenvalue weighted by atomic mass is 35.5. The van der Waals surface area contributed by atoms with Crippen molar-refractivity contribution in [2.45, 2.75) is 40.7 Å². The average Bonchev–Trinajstić information content (AvgIpc) is 2.85. The van der Waals surface area contributed by atoms with Crippen LogP contribution in [-0.2, 0) is 11.3 Å². The zero-order valence-corrected chi connectivity index (χ0v) is 16.2. The third-order valence-electron chi connectivity index (χ3n) is 4.31. The van der Waals surface area contributed by atoms with E-state index < -0.39 is 0 Å². The minimum atomic E-state index is -0.0873. The standard InChI is InChI=1S/C19H19ClN2O2S/c1-10-9-14(5-6-15(10)20)16-12(3)25-18-17(16)19(24)22(13(4)21-18)8-7-11(2)23/h5-6,9H,7-8H2,1-4H3. The average molecular weight is 375 g/mol. The molecule has 2 aromatic heterocycles. The Morgan fingerprint density at radius 3 is 2.64 bits per heavy atom. The van der Waals surface area contributed by atoms with Crippen molar-refractivity contribution in [3.05, 3.63) is 49.8 Å². The molecule has 6 heteroatoms. The van der Waals surface area contributed by atoms with E-state index in [4.69, 9.17) is 11.6 Å². The lowest BCUT2D eigenvalue weighted by Gasteiger charge is -2.10. The second kappa shape index (κ2) is 6.73. The first-order valence-electron chi connectivity index (χ1n) is 8.06. The molecular formula is C19H19ClN2O2S. The summed E-state index contributed by atoms with van der Waals surface area (Å²) in [5.74, 6) is 0.695. The van der Waals surface area contributed by atoms with Crippen LogP contribution in [0.15, 0.2) is 23.0 Å². The zero-order valence-electron chi connectivity index (χ0n) is 14.6. The van der Waals surface area contributed by atoms with Crippen molar-refractivity contribution in [3.8, 4) is 11.1 Å². The van der Waals surface area contributed by atoms with E-state index in [1.54, 1.807) is 4.57 Å². The number of fused-ring (bicyclic) bond motifs is 1. The van der Waals surface area contributed by atoms with E-state index in [0.29, 0.717) is 29.2 Å². The smallest absolute Gasteiger partial charge is 0.262 e. The highest BCUT2D eigenvalue weighted by molar-refractivity contribution is 7.19. The van der Waals surface area contributed by atoms with Crippen molar-refractivity contribution in [1.29, 1.82) is 0 Å². The minimum absolute atomic E-state index is 0.0569. The molecule has 0 spiro atoms. The van der Waals surface area contributed by atoms with E-state index >= 15 is 0 Å². The van der Waals surface area contributed by atoms with Gasteiger partial charge < -0.3 is 0 Å². The number of thiophene rings is 1. The molecule has 0 amide bonds. The number of Topliss-reactive ketones (excluding diaryl/α,β-unsaturated/α-hetero) is 1. The van der Waals surface area contributed by atoms with Gasteiger partial charge in [0, 0.05) is 28.4 Å². The number of ketones is 1. The first-order chi connectivity index (χ1) is 11.8. The van der Waals surface area contributed by atoms with E-state index in [0.717, 1.165) is 26.4 Å². The normalized spacial score (nSPS) is 11.2. The van der Waals surface area contributed by atoms with E-state index in [2.05, 4.69) is 4.98 Å². The summed E-state index contributed by atoms with van der Waals surface area (Å²) in [6, 6.07) is 5.78. The number of aryl methyl sites for hydroxylation is 3. The number of hydrogen-bond donors (Lipinski definition) is 0. The number of benzene rings is 1. The number of halogens is 1. The molecule has 0 aliphatic rings. The summed E-state index contributed by atoms with van der Waals surface area (Å²) in [5.41, 5.74) is 2.76. The molecular weight excluding hydrogens is 356 g/mol. The number of rotatable bonds is 4. The number of carbonyl (C=O) groups excluding carboxylic acids is 1. The van der Waals surface area contributed by atoms with Crippen LogP contribution in [0.2, 0.25) is 5.02 Å². The van der Waals surface area contributed by atoms with Crippen LogP contribution in [0.3, 0.4) is 0 Å². The first kappa shape index (κ1) is 17.8. The van der Waals surface area contributed by atoms with Crippen LogP contribution >= 0.6 is 22.9 Å². The van der Waals surface area contributed by atoms with Gasteiger partial charge in [-0.2, -0.15) is 0 Å². The molecule has 0 radical (unpaired) electrons. The molecule has 0 aliphatic heterocycles. The Labute approximate surface area is 155 Å². The molecule has 0 bridgehead atoms. The van der Waals surface area contributed by atoms with Gasteiger partial charge >= 0.3 is 0 Å². The Morgan fingerprint density at radius 1 is 1.28 bits per heavy atom. The molecule has 130 valence electrons. The van der Waals surface area contributed by atoms with Gasteiger partial charge in [-0.05, 0) is 51.0 Å². The van der Waals surface area contributed by atoms with E-state index in [1.165, 1.54) is 18.3 Å². The van der Waals surface area contributed by atoms with Crippen LogP contribution in [-0.4, -0.2) is 15.3 Å². The summed E-state index contributed by atoms with van der Waals surface area (Å²) in [6.07, 6.45) is 0.326. The summed E-state index contributed by atoms with van der Waals surface area (Å²) in [4.78, 5) is 30.8. The van der Waals surface area contributed by atoms with Gasteiger partial charge in [0.05, 0.1) is 5.39 Å². The number of carbonyl (C=O) groups is 1. The Hall–Kier alpha value is -1.98. The molecule has 0 fully saturated rings. The maximum absolute atomic E-state index is 13.1. The summed E-state index contributed by atoms with van der Waals surface area (Å²) in [6.45, 7) is 7.64. The third-order valence-corrected chi connectivity index (χ3v) is 5.74. The molecule has 3 rings (SSSR count). The van der Waals surface area contributed by atoms with E-state index in [1.807, 2.05) is 39.0 Å². The predicted molar refractivity (Wildman–Crippen MR) is 104 cm³/mol. The van der Waals surface area contributed by atoms with Gasteiger partial charge in [-0.3, -0.25) is 14.2 Å². The molecule has 4 nitrogen and oxygen atoms in total. The van der Waals surface area contributed by atoms with Gasteiger partial charge in [-0.25, -0.2) is 4.98 Å². The highest BCUT2D eigenvalue weighted by Gasteiger charge is 2.19. The number of hydrogen-bond acceptors (Lipinski definition) is 4. The quantitative estimate of drug-likeness (QED) is 0.666. The lowest BCUT2D eigenvalue weighted by atomic mass is 10.0. The molecule has 0 unspecified atom stereocenters. The summed E-state index contributed by atoms with van der Waals surface area (Å²) < 4.78 is 1.60. The summed E-state index contributed by atoms with van der Waals surface area (Å²) in [5, 5.41) is 1.33. The van der Waals surface area contributed by atoms with Crippen molar-refractivity contribution >= 4 is 38.9 Å². The maximum Gasteiger partial charge on any atom is 0.262 e. The molecule has 0 saturated carbocycles. The van der Waals surface area contributed by atoms with Crippen molar-refractivity contribution in [3.63, 3.8) is 0 Å². The van der Waals surface area contributed by atoms with Crippen molar-refractivity contribution in [2.24, 2.45) is 0 Å². The van der Waals surface area contributed by atoms with Crippen molar-refractivity contribution in [2.75, 3.05) is 0 Å². The highest BCUT2D eigenvalue weighted by Crippen LogP contribution is 2.36. The lowest BCUT2D eigenvalue weighted by molar-refractivity contribution is -0.117. The van der Waals surface area contributed by atoms with Crippen LogP contribution < -0.4 is 5.56 Å². The molecule has 0 N–H and O–H groups in total. The molecule has 0 aliphatic carbocycles. The van der Waals surface area contributed by atoms with Gasteiger partial charge in [0.1, 0.15) is 16.4 Å². The third kappa shape index (κ3) is 3.26. The van der Waals surface area contributed by atoms with Crippen LogP contribution in [0.25, 0.3) is 21.3 Å². The topological polar surface area (TPSA) is 52.0 Å². The summed E-state index contributed by atoms with van der Waals surface area (Å²) in [7, 11) is 0. The monoisotopic (exact) mass is 374 g/mol. The van der Waals surface area contributed by atoms with Gasteiger partial charge in [0.25, 0.3) is 5.56 Å². The Bertz CT molecular complexity index is 1050. The molecule has 1 aromatic carbocycles. The Morgan fingerprint density at radius 2 is 2.00 bits per heavy atom.